The number of anilines is 1. The van der Waals surface area contributed by atoms with Crippen LogP contribution in [0.15, 0.2) is 42.0 Å². The average Bonchev–Trinajstić information content (AvgIpc) is 2.68. The van der Waals surface area contributed by atoms with Crippen LogP contribution >= 0.6 is 0 Å². The zero-order chi connectivity index (χ0) is 19.9. The van der Waals surface area contributed by atoms with Gasteiger partial charge >= 0.3 is 0 Å². The number of para-hydroxylation sites is 1. The summed E-state index contributed by atoms with van der Waals surface area (Å²) in [5.41, 5.74) is 2.12. The van der Waals surface area contributed by atoms with Crippen LogP contribution in [-0.4, -0.2) is 36.6 Å². The van der Waals surface area contributed by atoms with Crippen molar-refractivity contribution in [3.63, 3.8) is 0 Å². The Balaban J connectivity index is 1.52. The summed E-state index contributed by atoms with van der Waals surface area (Å²) in [4.78, 5) is 28.6. The number of hydrogen-bond donors (Lipinski definition) is 2. The number of rotatable bonds is 7. The van der Waals surface area contributed by atoms with Crippen molar-refractivity contribution in [2.45, 2.75) is 20.3 Å². The van der Waals surface area contributed by atoms with Gasteiger partial charge in [-0.25, -0.2) is 4.98 Å². The normalized spacial score (nSPS) is 12.3. The lowest BCUT2D eigenvalue weighted by Crippen LogP contribution is -2.31. The fourth-order valence-corrected chi connectivity index (χ4v) is 2.80. The van der Waals surface area contributed by atoms with Crippen LogP contribution in [0.3, 0.4) is 0 Å². The number of pyridine rings is 1. The average molecular weight is 381 g/mol. The number of amides is 2. The summed E-state index contributed by atoms with van der Waals surface area (Å²) < 4.78 is 11.3. The first-order chi connectivity index (χ1) is 13.6. The number of nitrogens with zero attached hydrogens (tertiary/aromatic N) is 1. The number of aromatic nitrogens is 1. The molecule has 1 aliphatic heterocycles. The van der Waals surface area contributed by atoms with E-state index >= 15 is 0 Å². The molecule has 2 amide bonds. The SMILES string of the molecule is CCOc1cccc2c1OCC(C(=O)NCCC(=O)Nc1cccc(C)n1)=C2. The molecule has 0 spiro atoms. The van der Waals surface area contributed by atoms with E-state index in [1.165, 1.54) is 0 Å². The van der Waals surface area contributed by atoms with Crippen LogP contribution in [0.4, 0.5) is 5.82 Å². The summed E-state index contributed by atoms with van der Waals surface area (Å²) in [5.74, 6) is 1.34. The maximum absolute atomic E-state index is 12.4. The van der Waals surface area contributed by atoms with Gasteiger partial charge in [0.2, 0.25) is 5.91 Å². The highest BCUT2D eigenvalue weighted by atomic mass is 16.5. The summed E-state index contributed by atoms with van der Waals surface area (Å²) in [6.07, 6.45) is 1.94. The predicted octanol–water partition coefficient (Wildman–Crippen LogP) is 2.71. The lowest BCUT2D eigenvalue weighted by atomic mass is 10.1. The molecule has 7 heteroatoms. The Morgan fingerprint density at radius 1 is 1.21 bits per heavy atom. The van der Waals surface area contributed by atoms with Crippen molar-refractivity contribution in [2.24, 2.45) is 0 Å². The predicted molar refractivity (Wildman–Crippen MR) is 106 cm³/mol. The van der Waals surface area contributed by atoms with Crippen LogP contribution in [0.25, 0.3) is 6.08 Å². The molecular formula is C21H23N3O4. The van der Waals surface area contributed by atoms with E-state index in [1.54, 1.807) is 12.1 Å². The minimum Gasteiger partial charge on any atom is -0.490 e. The van der Waals surface area contributed by atoms with Gasteiger partial charge in [0.25, 0.3) is 5.91 Å². The fourth-order valence-electron chi connectivity index (χ4n) is 2.80. The number of carbonyl (C=O) groups is 2. The monoisotopic (exact) mass is 381 g/mol. The molecule has 0 unspecified atom stereocenters. The Labute approximate surface area is 163 Å². The Morgan fingerprint density at radius 3 is 2.82 bits per heavy atom. The summed E-state index contributed by atoms with van der Waals surface area (Å²) in [6, 6.07) is 11.0. The van der Waals surface area contributed by atoms with Gasteiger partial charge in [-0.3, -0.25) is 9.59 Å². The molecule has 1 aliphatic rings. The van der Waals surface area contributed by atoms with Crippen LogP contribution in [-0.2, 0) is 9.59 Å². The molecule has 1 aromatic heterocycles. The molecular weight excluding hydrogens is 358 g/mol. The minimum atomic E-state index is -0.256. The topological polar surface area (TPSA) is 89.5 Å². The molecule has 0 atom stereocenters. The molecule has 146 valence electrons. The van der Waals surface area contributed by atoms with Crippen molar-refractivity contribution in [1.82, 2.24) is 10.3 Å². The molecule has 0 saturated heterocycles. The van der Waals surface area contributed by atoms with Crippen molar-refractivity contribution in [3.8, 4) is 11.5 Å². The number of fused-ring (bicyclic) bond motifs is 1. The minimum absolute atomic E-state index is 0.153. The number of ether oxygens (including phenoxy) is 2. The number of nitrogens with one attached hydrogen (secondary N) is 2. The maximum Gasteiger partial charge on any atom is 0.250 e. The molecule has 2 N–H and O–H groups in total. The first kappa shape index (κ1) is 19.4. The van der Waals surface area contributed by atoms with Crippen molar-refractivity contribution in [2.75, 3.05) is 25.1 Å². The summed E-state index contributed by atoms with van der Waals surface area (Å²) in [5, 5.41) is 5.46. The van der Waals surface area contributed by atoms with Gasteiger partial charge in [0.05, 0.1) is 12.2 Å². The molecule has 2 heterocycles. The quantitative estimate of drug-likeness (QED) is 0.770. The lowest BCUT2D eigenvalue weighted by molar-refractivity contribution is -0.118. The van der Waals surface area contributed by atoms with Crippen LogP contribution in [0.5, 0.6) is 11.5 Å². The maximum atomic E-state index is 12.4. The van der Waals surface area contributed by atoms with Gasteiger partial charge in [-0.05, 0) is 38.1 Å². The molecule has 28 heavy (non-hydrogen) atoms. The van der Waals surface area contributed by atoms with Gasteiger partial charge in [0.1, 0.15) is 12.4 Å². The largest absolute Gasteiger partial charge is 0.490 e. The molecule has 0 saturated carbocycles. The van der Waals surface area contributed by atoms with E-state index < -0.39 is 0 Å². The van der Waals surface area contributed by atoms with E-state index in [0.29, 0.717) is 29.5 Å². The van der Waals surface area contributed by atoms with Crippen LogP contribution < -0.4 is 20.1 Å². The van der Waals surface area contributed by atoms with Crippen LogP contribution in [0, 0.1) is 6.92 Å². The van der Waals surface area contributed by atoms with E-state index in [-0.39, 0.29) is 31.4 Å². The highest BCUT2D eigenvalue weighted by Crippen LogP contribution is 2.35. The van der Waals surface area contributed by atoms with E-state index in [1.807, 2.05) is 44.2 Å². The van der Waals surface area contributed by atoms with Crippen molar-refractivity contribution >= 4 is 23.7 Å². The lowest BCUT2D eigenvalue weighted by Gasteiger charge is -2.20. The van der Waals surface area contributed by atoms with Crippen molar-refractivity contribution in [3.05, 3.63) is 53.2 Å². The molecule has 2 aromatic rings. The molecule has 1 aromatic carbocycles. The first-order valence-corrected chi connectivity index (χ1v) is 9.17. The van der Waals surface area contributed by atoms with Gasteiger partial charge in [0.15, 0.2) is 11.5 Å². The van der Waals surface area contributed by atoms with E-state index in [0.717, 1.165) is 11.3 Å². The summed E-state index contributed by atoms with van der Waals surface area (Å²) in [6.45, 7) is 4.67. The summed E-state index contributed by atoms with van der Waals surface area (Å²) in [7, 11) is 0. The highest BCUT2D eigenvalue weighted by Gasteiger charge is 2.20. The third-order valence-corrected chi connectivity index (χ3v) is 4.10. The van der Waals surface area contributed by atoms with Crippen molar-refractivity contribution < 1.29 is 19.1 Å². The Morgan fingerprint density at radius 2 is 2.04 bits per heavy atom. The van der Waals surface area contributed by atoms with Gasteiger partial charge in [-0.2, -0.15) is 0 Å². The first-order valence-electron chi connectivity index (χ1n) is 9.17. The zero-order valence-corrected chi connectivity index (χ0v) is 16.0. The van der Waals surface area contributed by atoms with Crippen molar-refractivity contribution in [1.29, 1.82) is 0 Å². The smallest absolute Gasteiger partial charge is 0.250 e. The molecule has 3 rings (SSSR count). The second kappa shape index (κ2) is 9.03. The molecule has 0 bridgehead atoms. The second-order valence-electron chi connectivity index (χ2n) is 6.28. The molecule has 0 fully saturated rings. The number of benzene rings is 1. The standard InChI is InChI=1S/C21H23N3O4/c1-3-27-17-8-5-7-15-12-16(13-28-20(15)17)21(26)22-11-10-19(25)24-18-9-4-6-14(2)23-18/h4-9,12H,3,10-11,13H2,1-2H3,(H,22,26)(H,23,24,25). The fraction of sp³-hybridized carbons (Fsp3) is 0.286. The van der Waals surface area contributed by atoms with Gasteiger partial charge in [0, 0.05) is 24.2 Å². The zero-order valence-electron chi connectivity index (χ0n) is 16.0. The van der Waals surface area contributed by atoms with E-state index in [9.17, 15) is 9.59 Å². The van der Waals surface area contributed by atoms with E-state index in [2.05, 4.69) is 15.6 Å². The number of hydrogen-bond acceptors (Lipinski definition) is 5. The molecule has 0 aliphatic carbocycles. The number of carbonyl (C=O) groups excluding carboxylic acids is 2. The molecule has 7 nitrogen and oxygen atoms in total. The van der Waals surface area contributed by atoms with E-state index in [4.69, 9.17) is 9.47 Å². The van der Waals surface area contributed by atoms with Gasteiger partial charge in [-0.15, -0.1) is 0 Å². The molecule has 0 radical (unpaired) electrons. The third-order valence-electron chi connectivity index (χ3n) is 4.10. The second-order valence-corrected chi connectivity index (χ2v) is 6.28. The Kier molecular flexibility index (Phi) is 6.26. The summed E-state index contributed by atoms with van der Waals surface area (Å²) >= 11 is 0. The highest BCUT2D eigenvalue weighted by molar-refractivity contribution is 5.99. The Hall–Kier alpha value is -3.35. The van der Waals surface area contributed by atoms with Crippen LogP contribution in [0.2, 0.25) is 0 Å². The van der Waals surface area contributed by atoms with Gasteiger partial charge in [-0.1, -0.05) is 18.2 Å². The number of aryl methyl sites for hydroxylation is 1. The van der Waals surface area contributed by atoms with Crippen LogP contribution in [0.1, 0.15) is 24.6 Å². The third kappa shape index (κ3) is 4.88. The Bertz CT molecular complexity index is 908. The van der Waals surface area contributed by atoms with Gasteiger partial charge < -0.3 is 20.1 Å².